The highest BCUT2D eigenvalue weighted by Crippen LogP contribution is 2.29. The van der Waals surface area contributed by atoms with Crippen LogP contribution in [-0.2, 0) is 0 Å². The van der Waals surface area contributed by atoms with E-state index in [9.17, 15) is 4.79 Å². The number of methoxy groups -OCH3 is 1. The molecule has 1 aliphatic rings. The minimum Gasteiger partial charge on any atom is -0.497 e. The van der Waals surface area contributed by atoms with Gasteiger partial charge in [0.1, 0.15) is 5.75 Å². The van der Waals surface area contributed by atoms with Crippen molar-refractivity contribution in [2.75, 3.05) is 7.11 Å². The molecule has 0 aromatic heterocycles. The lowest BCUT2D eigenvalue weighted by Gasteiger charge is -2.15. The number of benzene rings is 1. The highest BCUT2D eigenvalue weighted by atomic mass is 16.5. The van der Waals surface area contributed by atoms with Crippen molar-refractivity contribution in [1.82, 2.24) is 0 Å². The molecule has 0 spiro atoms. The minimum atomic E-state index is 0.00194. The molecule has 1 saturated carbocycles. The summed E-state index contributed by atoms with van der Waals surface area (Å²) >= 11 is 0. The molecular weight excluding hydrogens is 214 g/mol. The summed E-state index contributed by atoms with van der Waals surface area (Å²) in [6.07, 6.45) is 2.95. The first-order valence-corrected chi connectivity index (χ1v) is 6.08. The number of ether oxygens (including phenoxy) is 1. The van der Waals surface area contributed by atoms with Crippen molar-refractivity contribution >= 4 is 5.78 Å². The molecule has 17 heavy (non-hydrogen) atoms. The van der Waals surface area contributed by atoms with Gasteiger partial charge in [-0.05, 0) is 43.5 Å². The Morgan fingerprint density at radius 2 is 2.18 bits per heavy atom. The van der Waals surface area contributed by atoms with Gasteiger partial charge in [-0.25, -0.2) is 0 Å². The van der Waals surface area contributed by atoms with E-state index >= 15 is 0 Å². The molecule has 0 heterocycles. The number of carbonyl (C=O) groups excluding carboxylic acids is 1. The smallest absolute Gasteiger partial charge is 0.167 e. The number of hydrogen-bond acceptors (Lipinski definition) is 3. The number of aryl methyl sites for hydroxylation is 1. The number of ketones is 1. The van der Waals surface area contributed by atoms with E-state index < -0.39 is 0 Å². The molecule has 0 aliphatic heterocycles. The lowest BCUT2D eigenvalue weighted by Crippen LogP contribution is -2.31. The summed E-state index contributed by atoms with van der Waals surface area (Å²) in [4.78, 5) is 12.4. The maximum absolute atomic E-state index is 12.4. The molecule has 3 nitrogen and oxygen atoms in total. The zero-order chi connectivity index (χ0) is 12.4. The molecule has 0 amide bonds. The Balaban J connectivity index is 2.25. The Morgan fingerprint density at radius 1 is 1.41 bits per heavy atom. The zero-order valence-electron chi connectivity index (χ0n) is 10.4. The van der Waals surface area contributed by atoms with E-state index in [2.05, 4.69) is 0 Å². The van der Waals surface area contributed by atoms with Gasteiger partial charge >= 0.3 is 0 Å². The van der Waals surface area contributed by atoms with Gasteiger partial charge in [0.2, 0.25) is 0 Å². The van der Waals surface area contributed by atoms with Crippen LogP contribution in [0.5, 0.6) is 5.75 Å². The fourth-order valence-corrected chi connectivity index (χ4v) is 2.55. The number of Topliss-reactive ketones (excluding diaryl/α,β-unsaturated/α-hetero) is 1. The number of rotatable bonds is 3. The molecule has 0 saturated heterocycles. The van der Waals surface area contributed by atoms with Gasteiger partial charge in [-0.1, -0.05) is 6.42 Å². The number of carbonyl (C=O) groups is 1. The average Bonchev–Trinajstić information content (AvgIpc) is 2.74. The van der Waals surface area contributed by atoms with E-state index in [4.69, 9.17) is 10.5 Å². The maximum Gasteiger partial charge on any atom is 0.167 e. The van der Waals surface area contributed by atoms with Crippen LogP contribution in [0.1, 0.15) is 35.2 Å². The molecule has 92 valence electrons. The van der Waals surface area contributed by atoms with E-state index in [0.29, 0.717) is 0 Å². The third-order valence-corrected chi connectivity index (χ3v) is 3.61. The standard InChI is InChI=1S/C14H19NO2/c1-9-8-10(17-2)6-7-11(9)14(16)12-4-3-5-13(12)15/h6-8,12-13H,3-5,15H2,1-2H3. The van der Waals surface area contributed by atoms with Crippen molar-refractivity contribution in [3.8, 4) is 5.75 Å². The van der Waals surface area contributed by atoms with Gasteiger partial charge in [-0.15, -0.1) is 0 Å². The SMILES string of the molecule is COc1ccc(C(=O)C2CCCC2N)c(C)c1. The lowest BCUT2D eigenvalue weighted by molar-refractivity contribution is 0.0913. The Hall–Kier alpha value is -1.35. The monoisotopic (exact) mass is 233 g/mol. The van der Waals surface area contributed by atoms with Crippen molar-refractivity contribution in [2.45, 2.75) is 32.2 Å². The van der Waals surface area contributed by atoms with Crippen LogP contribution < -0.4 is 10.5 Å². The van der Waals surface area contributed by atoms with Gasteiger partial charge in [-0.3, -0.25) is 4.79 Å². The molecule has 2 rings (SSSR count). The van der Waals surface area contributed by atoms with Crippen LogP contribution in [0.3, 0.4) is 0 Å². The molecule has 0 radical (unpaired) electrons. The Kier molecular flexibility index (Phi) is 3.48. The highest BCUT2D eigenvalue weighted by molar-refractivity contribution is 5.99. The summed E-state index contributed by atoms with van der Waals surface area (Å²) in [6, 6.07) is 5.61. The first-order chi connectivity index (χ1) is 8.13. The van der Waals surface area contributed by atoms with Crippen molar-refractivity contribution in [1.29, 1.82) is 0 Å². The summed E-state index contributed by atoms with van der Waals surface area (Å²) in [7, 11) is 1.63. The van der Waals surface area contributed by atoms with Gasteiger partial charge in [0.15, 0.2) is 5.78 Å². The normalized spacial score (nSPS) is 23.7. The van der Waals surface area contributed by atoms with E-state index in [1.54, 1.807) is 7.11 Å². The van der Waals surface area contributed by atoms with Gasteiger partial charge in [-0.2, -0.15) is 0 Å². The van der Waals surface area contributed by atoms with Crippen LogP contribution in [0, 0.1) is 12.8 Å². The molecular formula is C14H19NO2. The fourth-order valence-electron chi connectivity index (χ4n) is 2.55. The second-order valence-electron chi connectivity index (χ2n) is 4.75. The van der Waals surface area contributed by atoms with Crippen molar-refractivity contribution in [3.63, 3.8) is 0 Å². The molecule has 1 aromatic rings. The maximum atomic E-state index is 12.4. The van der Waals surface area contributed by atoms with Gasteiger partial charge in [0.05, 0.1) is 7.11 Å². The molecule has 0 bridgehead atoms. The van der Waals surface area contributed by atoms with E-state index in [-0.39, 0.29) is 17.7 Å². The summed E-state index contributed by atoms with van der Waals surface area (Å²) in [6.45, 7) is 1.94. The summed E-state index contributed by atoms with van der Waals surface area (Å²) < 4.78 is 5.14. The average molecular weight is 233 g/mol. The van der Waals surface area contributed by atoms with Crippen LogP contribution in [-0.4, -0.2) is 18.9 Å². The second-order valence-corrected chi connectivity index (χ2v) is 4.75. The topological polar surface area (TPSA) is 52.3 Å². The van der Waals surface area contributed by atoms with Crippen LogP contribution in [0.4, 0.5) is 0 Å². The molecule has 2 N–H and O–H groups in total. The Labute approximate surface area is 102 Å². The van der Waals surface area contributed by atoms with Crippen molar-refractivity contribution in [2.24, 2.45) is 11.7 Å². The lowest BCUT2D eigenvalue weighted by atomic mass is 9.91. The highest BCUT2D eigenvalue weighted by Gasteiger charge is 2.31. The van der Waals surface area contributed by atoms with Crippen LogP contribution >= 0.6 is 0 Å². The summed E-state index contributed by atoms with van der Waals surface area (Å²) in [5.41, 5.74) is 7.73. The Bertz CT molecular complexity index is 428. The van der Waals surface area contributed by atoms with Gasteiger partial charge < -0.3 is 10.5 Å². The number of hydrogen-bond donors (Lipinski definition) is 1. The quantitative estimate of drug-likeness (QED) is 0.815. The molecule has 3 heteroatoms. The fraction of sp³-hybridized carbons (Fsp3) is 0.500. The first kappa shape index (κ1) is 12.1. The van der Waals surface area contributed by atoms with Crippen LogP contribution in [0.25, 0.3) is 0 Å². The number of nitrogens with two attached hydrogens (primary N) is 1. The van der Waals surface area contributed by atoms with E-state index in [0.717, 1.165) is 36.1 Å². The summed E-state index contributed by atoms with van der Waals surface area (Å²) in [5, 5.41) is 0. The predicted octanol–water partition coefficient (Wildman–Crippen LogP) is 2.31. The Morgan fingerprint density at radius 3 is 2.71 bits per heavy atom. The minimum absolute atomic E-state index is 0.00194. The molecule has 1 aromatic carbocycles. The van der Waals surface area contributed by atoms with Crippen molar-refractivity contribution in [3.05, 3.63) is 29.3 Å². The molecule has 1 aliphatic carbocycles. The van der Waals surface area contributed by atoms with Crippen molar-refractivity contribution < 1.29 is 9.53 Å². The van der Waals surface area contributed by atoms with Crippen LogP contribution in [0.15, 0.2) is 18.2 Å². The largest absolute Gasteiger partial charge is 0.497 e. The third-order valence-electron chi connectivity index (χ3n) is 3.61. The second kappa shape index (κ2) is 4.88. The van der Waals surface area contributed by atoms with Gasteiger partial charge in [0.25, 0.3) is 0 Å². The van der Waals surface area contributed by atoms with Crippen LogP contribution in [0.2, 0.25) is 0 Å². The third kappa shape index (κ3) is 2.34. The molecule has 2 unspecified atom stereocenters. The first-order valence-electron chi connectivity index (χ1n) is 6.08. The van der Waals surface area contributed by atoms with E-state index in [1.165, 1.54) is 0 Å². The van der Waals surface area contributed by atoms with Gasteiger partial charge in [0, 0.05) is 17.5 Å². The summed E-state index contributed by atoms with van der Waals surface area (Å²) in [5.74, 6) is 0.979. The predicted molar refractivity (Wildman–Crippen MR) is 67.4 cm³/mol. The molecule has 1 fully saturated rings. The van der Waals surface area contributed by atoms with E-state index in [1.807, 2.05) is 25.1 Å². The molecule has 2 atom stereocenters. The zero-order valence-corrected chi connectivity index (χ0v) is 10.4.